The van der Waals surface area contributed by atoms with Gasteiger partial charge in [0.05, 0.1) is 0 Å². The molecule has 1 N–H and O–H groups in total. The van der Waals surface area contributed by atoms with Crippen LogP contribution in [-0.4, -0.2) is 4.55 Å². The topological polar surface area (TPSA) is 29.5 Å². The Balaban J connectivity index is -0.000000218. The maximum Gasteiger partial charge on any atom is 0.222 e. The minimum Gasteiger partial charge on any atom is -0.405 e. The van der Waals surface area contributed by atoms with Gasteiger partial charge in [0.15, 0.2) is 0 Å². The summed E-state index contributed by atoms with van der Waals surface area (Å²) in [5.74, 6) is 1.15. The van der Waals surface area contributed by atoms with Gasteiger partial charge in [-0.2, -0.15) is 0 Å². The van der Waals surface area contributed by atoms with Crippen LogP contribution in [0.15, 0.2) is 11.8 Å². The molecule has 0 bridgehead atoms. The zero-order chi connectivity index (χ0) is 11.3. The van der Waals surface area contributed by atoms with Gasteiger partial charge in [0.2, 0.25) is 12.3 Å². The van der Waals surface area contributed by atoms with Crippen LogP contribution >= 0.6 is 12.3 Å². The van der Waals surface area contributed by atoms with Crippen molar-refractivity contribution in [1.82, 2.24) is 0 Å². The van der Waals surface area contributed by atoms with Crippen molar-refractivity contribution in [2.75, 3.05) is 0 Å². The Hall–Kier alpha value is -0.150. The van der Waals surface area contributed by atoms with E-state index in [9.17, 15) is 0 Å². The van der Waals surface area contributed by atoms with E-state index in [-0.39, 0.29) is 0 Å². The minimum absolute atomic E-state index is 0.342. The summed E-state index contributed by atoms with van der Waals surface area (Å²) < 4.78 is 13.1. The van der Waals surface area contributed by atoms with Crippen molar-refractivity contribution >= 4 is 12.3 Å². The first-order chi connectivity index (χ1) is 6.22. The monoisotopic (exact) mass is 208 g/mol. The third-order valence-corrected chi connectivity index (χ3v) is 1.25. The highest BCUT2D eigenvalue weighted by molar-refractivity contribution is 7.89. The zero-order valence-electron chi connectivity index (χ0n) is 9.92. The Bertz CT molecular complexity index is 101. The highest BCUT2D eigenvalue weighted by Crippen LogP contribution is 2.15. The molecular formula is C10H24O2S. The van der Waals surface area contributed by atoms with Gasteiger partial charge in [-0.3, -0.25) is 4.55 Å². The number of hydrogen-bond donors (Lipinski definition) is 1. The molecule has 82 valence electrons. The van der Waals surface area contributed by atoms with Crippen LogP contribution in [0.3, 0.4) is 0 Å². The van der Waals surface area contributed by atoms with Crippen LogP contribution in [0.2, 0.25) is 0 Å². The predicted molar refractivity (Wildman–Crippen MR) is 62.6 cm³/mol. The van der Waals surface area contributed by atoms with Crippen LogP contribution in [0.4, 0.5) is 0 Å². The maximum absolute atomic E-state index is 8.27. The molecule has 0 heterocycles. The molecule has 0 amide bonds. The number of allylic oxidation sites excluding steroid dienone is 2. The fraction of sp³-hybridized carbons (Fsp3) is 0.800. The van der Waals surface area contributed by atoms with Crippen molar-refractivity contribution in [3.63, 3.8) is 0 Å². The standard InChI is InChI=1S/C6H12O2S.2C2H6/c1-4-6(5(2)3)8-9-7;2*1-2/h4-5,7H,1-3H3;2*1-2H3/b6-4+;;. The van der Waals surface area contributed by atoms with E-state index in [1.54, 1.807) is 0 Å². The summed E-state index contributed by atoms with van der Waals surface area (Å²) in [7, 11) is 0. The van der Waals surface area contributed by atoms with Gasteiger partial charge in [-0.15, -0.1) is 0 Å². The van der Waals surface area contributed by atoms with Crippen LogP contribution in [0.1, 0.15) is 48.5 Å². The first-order valence-electron chi connectivity index (χ1n) is 4.86. The van der Waals surface area contributed by atoms with E-state index < -0.39 is 0 Å². The van der Waals surface area contributed by atoms with Crippen LogP contribution in [0, 0.1) is 5.92 Å². The summed E-state index contributed by atoms with van der Waals surface area (Å²) in [6.07, 6.45) is 1.84. The molecule has 3 heteroatoms. The first-order valence-corrected chi connectivity index (χ1v) is 5.56. The lowest BCUT2D eigenvalue weighted by molar-refractivity contribution is 0.389. The lowest BCUT2D eigenvalue weighted by Gasteiger charge is -2.06. The molecule has 0 saturated carbocycles. The van der Waals surface area contributed by atoms with Gasteiger partial charge >= 0.3 is 0 Å². The summed E-state index contributed by atoms with van der Waals surface area (Å²) in [5.41, 5.74) is 0. The van der Waals surface area contributed by atoms with Gasteiger partial charge in [0, 0.05) is 5.92 Å². The summed E-state index contributed by atoms with van der Waals surface area (Å²) in [5, 5.41) is 0. The molecular weight excluding hydrogens is 184 g/mol. The Labute approximate surface area is 87.8 Å². The van der Waals surface area contributed by atoms with E-state index in [0.717, 1.165) is 5.76 Å². The second-order valence-electron chi connectivity index (χ2n) is 2.00. The van der Waals surface area contributed by atoms with E-state index in [4.69, 9.17) is 8.74 Å². The SMILES string of the molecule is C/C=C(/OSO)C(C)C.CC.CC. The summed E-state index contributed by atoms with van der Waals surface area (Å²) >= 11 is 0.394. The number of hydrogen-bond acceptors (Lipinski definition) is 3. The molecule has 0 radical (unpaired) electrons. The lowest BCUT2D eigenvalue weighted by atomic mass is 10.2. The molecule has 13 heavy (non-hydrogen) atoms. The van der Waals surface area contributed by atoms with Crippen molar-refractivity contribution < 1.29 is 8.74 Å². The molecule has 0 aliphatic heterocycles. The molecule has 0 spiro atoms. The van der Waals surface area contributed by atoms with Gasteiger partial charge in [0.1, 0.15) is 5.76 Å². The van der Waals surface area contributed by atoms with E-state index >= 15 is 0 Å². The highest BCUT2D eigenvalue weighted by atomic mass is 32.2. The van der Waals surface area contributed by atoms with Crippen molar-refractivity contribution in [2.24, 2.45) is 5.92 Å². The molecule has 0 aliphatic rings. The Morgan fingerprint density at radius 2 is 1.62 bits per heavy atom. The Morgan fingerprint density at radius 3 is 1.69 bits per heavy atom. The van der Waals surface area contributed by atoms with Gasteiger partial charge in [-0.1, -0.05) is 41.5 Å². The predicted octanol–water partition coefficient (Wildman–Crippen LogP) is 4.74. The van der Waals surface area contributed by atoms with Crippen LogP contribution in [-0.2, 0) is 4.18 Å². The van der Waals surface area contributed by atoms with Crippen LogP contribution < -0.4 is 0 Å². The summed E-state index contributed by atoms with van der Waals surface area (Å²) in [6.45, 7) is 13.9. The molecule has 2 nitrogen and oxygen atoms in total. The Kier molecular flexibility index (Phi) is 25.5. The van der Waals surface area contributed by atoms with Gasteiger partial charge in [-0.05, 0) is 13.0 Å². The maximum atomic E-state index is 8.27. The van der Waals surface area contributed by atoms with Crippen molar-refractivity contribution in [3.8, 4) is 0 Å². The third kappa shape index (κ3) is 14.7. The van der Waals surface area contributed by atoms with Gasteiger partial charge in [-0.25, -0.2) is 0 Å². The third-order valence-electron chi connectivity index (χ3n) is 0.987. The van der Waals surface area contributed by atoms with E-state index in [1.165, 1.54) is 0 Å². The molecule has 0 unspecified atom stereocenters. The summed E-state index contributed by atoms with van der Waals surface area (Å²) in [4.78, 5) is 0. The number of rotatable bonds is 3. The molecule has 0 saturated heterocycles. The van der Waals surface area contributed by atoms with Crippen molar-refractivity contribution in [2.45, 2.75) is 48.5 Å². The van der Waals surface area contributed by atoms with Gasteiger partial charge < -0.3 is 4.18 Å². The van der Waals surface area contributed by atoms with Gasteiger partial charge in [0.25, 0.3) is 0 Å². The molecule has 0 aromatic rings. The second-order valence-corrected chi connectivity index (χ2v) is 2.32. The van der Waals surface area contributed by atoms with E-state index in [1.807, 2.05) is 54.5 Å². The fourth-order valence-electron chi connectivity index (χ4n) is 0.521. The van der Waals surface area contributed by atoms with Crippen molar-refractivity contribution in [3.05, 3.63) is 11.8 Å². The molecule has 0 rings (SSSR count). The smallest absolute Gasteiger partial charge is 0.222 e. The van der Waals surface area contributed by atoms with E-state index in [2.05, 4.69) is 0 Å². The van der Waals surface area contributed by atoms with E-state index in [0.29, 0.717) is 18.2 Å². The lowest BCUT2D eigenvalue weighted by Crippen LogP contribution is -1.93. The van der Waals surface area contributed by atoms with Crippen LogP contribution in [0.25, 0.3) is 0 Å². The first kappa shape index (κ1) is 18.6. The minimum atomic E-state index is 0.342. The second kappa shape index (κ2) is 17.8. The molecule has 0 aliphatic carbocycles. The molecule has 0 atom stereocenters. The average molecular weight is 208 g/mol. The Morgan fingerprint density at radius 1 is 1.23 bits per heavy atom. The zero-order valence-corrected chi connectivity index (χ0v) is 10.7. The quantitative estimate of drug-likeness (QED) is 0.536. The fourth-order valence-corrected chi connectivity index (χ4v) is 0.895. The summed E-state index contributed by atoms with van der Waals surface area (Å²) in [6, 6.07) is 0. The molecule has 0 aromatic heterocycles. The molecule has 0 fully saturated rings. The average Bonchev–Trinajstić information content (AvgIpc) is 2.20. The van der Waals surface area contributed by atoms with Crippen LogP contribution in [0.5, 0.6) is 0 Å². The largest absolute Gasteiger partial charge is 0.405 e. The van der Waals surface area contributed by atoms with Crippen molar-refractivity contribution in [1.29, 1.82) is 0 Å². The molecule has 0 aromatic carbocycles. The normalized spacial score (nSPS) is 9.46. The highest BCUT2D eigenvalue weighted by Gasteiger charge is 2.01.